The van der Waals surface area contributed by atoms with Crippen LogP contribution in [-0.2, 0) is 25.7 Å². The summed E-state index contributed by atoms with van der Waals surface area (Å²) in [4.78, 5) is 0. The van der Waals surface area contributed by atoms with E-state index >= 15 is 0 Å². The Labute approximate surface area is 230 Å². The Morgan fingerprint density at radius 3 is 1.34 bits per heavy atom. The summed E-state index contributed by atoms with van der Waals surface area (Å²) in [5.74, 6) is -0.0887. The van der Waals surface area contributed by atoms with E-state index < -0.39 is 0 Å². The topological polar surface area (TPSA) is 136 Å². The number of aromatic hydroxyl groups is 4. The first-order valence-corrected chi connectivity index (χ1v) is 11.6. The maximum atomic E-state index is 9.95. The van der Waals surface area contributed by atoms with E-state index in [0.717, 1.165) is 74.1 Å². The molecule has 2 aromatic rings. The van der Waals surface area contributed by atoms with Crippen LogP contribution in [0.1, 0.15) is 48.9 Å². The first-order chi connectivity index (χ1) is 15.5. The highest BCUT2D eigenvalue weighted by Crippen LogP contribution is 2.32. The SMILES string of the molecule is Br.Br.CCc1c(CCNCCC=CCCNCCc2ccc(O)c(O)c2CC)ccc(O)c1O.O. The van der Waals surface area contributed by atoms with Crippen molar-refractivity contribution in [2.45, 2.75) is 52.4 Å². The molecule has 2 aromatic carbocycles. The number of halogens is 2. The molecule has 0 aromatic heterocycles. The Kier molecular flexibility index (Phi) is 19.6. The lowest BCUT2D eigenvalue weighted by molar-refractivity contribution is 0.399. The van der Waals surface area contributed by atoms with E-state index in [0.29, 0.717) is 12.8 Å². The maximum Gasteiger partial charge on any atom is 0.160 e. The van der Waals surface area contributed by atoms with Crippen LogP contribution in [0.25, 0.3) is 0 Å². The van der Waals surface area contributed by atoms with Gasteiger partial charge in [-0.2, -0.15) is 0 Å². The second kappa shape index (κ2) is 19.4. The van der Waals surface area contributed by atoms with Gasteiger partial charge in [0.1, 0.15) is 0 Å². The van der Waals surface area contributed by atoms with E-state index in [1.807, 2.05) is 26.0 Å². The third-order valence-corrected chi connectivity index (χ3v) is 5.71. The minimum Gasteiger partial charge on any atom is -0.504 e. The first kappa shape index (κ1) is 35.4. The predicted octanol–water partition coefficient (Wildman–Crippen LogP) is 4.27. The second-order valence-electron chi connectivity index (χ2n) is 7.90. The Balaban J connectivity index is 0. The number of benzene rings is 2. The summed E-state index contributed by atoms with van der Waals surface area (Å²) < 4.78 is 0. The van der Waals surface area contributed by atoms with Crippen LogP contribution in [0.2, 0.25) is 0 Å². The van der Waals surface area contributed by atoms with Crippen molar-refractivity contribution in [2.75, 3.05) is 26.2 Å². The smallest absolute Gasteiger partial charge is 0.160 e. The summed E-state index contributed by atoms with van der Waals surface area (Å²) >= 11 is 0. The lowest BCUT2D eigenvalue weighted by Gasteiger charge is -2.11. The van der Waals surface area contributed by atoms with Crippen molar-refractivity contribution in [1.82, 2.24) is 10.6 Å². The minimum absolute atomic E-state index is 0. The van der Waals surface area contributed by atoms with Gasteiger partial charge in [0.15, 0.2) is 23.0 Å². The third kappa shape index (κ3) is 11.2. The molecule has 0 aliphatic rings. The molecule has 0 heterocycles. The van der Waals surface area contributed by atoms with Gasteiger partial charge >= 0.3 is 0 Å². The van der Waals surface area contributed by atoms with Gasteiger partial charge in [0.05, 0.1) is 0 Å². The molecular formula is C26H42Br2N2O5. The zero-order valence-electron chi connectivity index (χ0n) is 20.6. The van der Waals surface area contributed by atoms with Crippen molar-refractivity contribution < 1.29 is 25.9 Å². The Morgan fingerprint density at radius 1 is 0.629 bits per heavy atom. The quantitative estimate of drug-likeness (QED) is 0.106. The molecule has 0 radical (unpaired) electrons. The van der Waals surface area contributed by atoms with Crippen LogP contribution in [0.5, 0.6) is 23.0 Å². The molecule has 0 bridgehead atoms. The highest BCUT2D eigenvalue weighted by atomic mass is 79.9. The number of phenolic OH excluding ortho intramolecular Hbond substituents is 4. The molecule has 0 aliphatic carbocycles. The second-order valence-corrected chi connectivity index (χ2v) is 7.90. The molecule has 0 spiro atoms. The van der Waals surface area contributed by atoms with Crippen LogP contribution in [0.3, 0.4) is 0 Å². The average Bonchev–Trinajstić information content (AvgIpc) is 2.79. The average molecular weight is 622 g/mol. The molecule has 0 atom stereocenters. The van der Waals surface area contributed by atoms with E-state index in [4.69, 9.17) is 0 Å². The van der Waals surface area contributed by atoms with E-state index in [1.165, 1.54) is 0 Å². The molecular weight excluding hydrogens is 580 g/mol. The summed E-state index contributed by atoms with van der Waals surface area (Å²) in [6.45, 7) is 7.43. The number of hydrogen-bond acceptors (Lipinski definition) is 6. The van der Waals surface area contributed by atoms with Gasteiger partial charge in [-0.15, -0.1) is 34.0 Å². The summed E-state index contributed by atoms with van der Waals surface area (Å²) in [5, 5.41) is 46.0. The molecule has 2 rings (SSSR count). The van der Waals surface area contributed by atoms with Gasteiger partial charge in [-0.1, -0.05) is 38.1 Å². The number of phenols is 4. The number of nitrogens with one attached hydrogen (secondary N) is 2. The molecule has 200 valence electrons. The van der Waals surface area contributed by atoms with Crippen molar-refractivity contribution in [1.29, 1.82) is 0 Å². The highest BCUT2D eigenvalue weighted by Gasteiger charge is 2.11. The van der Waals surface area contributed by atoms with Gasteiger partial charge in [0.2, 0.25) is 0 Å². The van der Waals surface area contributed by atoms with Gasteiger partial charge in [-0.25, -0.2) is 0 Å². The van der Waals surface area contributed by atoms with Crippen molar-refractivity contribution in [3.63, 3.8) is 0 Å². The highest BCUT2D eigenvalue weighted by molar-refractivity contribution is 8.93. The zero-order valence-corrected chi connectivity index (χ0v) is 24.1. The largest absolute Gasteiger partial charge is 0.504 e. The zero-order chi connectivity index (χ0) is 23.3. The van der Waals surface area contributed by atoms with Gasteiger partial charge in [0, 0.05) is 11.1 Å². The first-order valence-electron chi connectivity index (χ1n) is 11.6. The van der Waals surface area contributed by atoms with E-state index in [-0.39, 0.29) is 62.4 Å². The Bertz CT molecular complexity index is 823. The van der Waals surface area contributed by atoms with Crippen molar-refractivity contribution >= 4 is 34.0 Å². The molecule has 0 unspecified atom stereocenters. The van der Waals surface area contributed by atoms with E-state index in [9.17, 15) is 20.4 Å². The van der Waals surface area contributed by atoms with Crippen LogP contribution in [-0.4, -0.2) is 52.1 Å². The van der Waals surface area contributed by atoms with Crippen LogP contribution >= 0.6 is 34.0 Å². The Hall–Kier alpha value is -1.78. The summed E-state index contributed by atoms with van der Waals surface area (Å²) in [6.07, 6.45) is 9.35. The van der Waals surface area contributed by atoms with Crippen LogP contribution in [0, 0.1) is 0 Å². The van der Waals surface area contributed by atoms with Gasteiger partial charge in [-0.05, 0) is 88.0 Å². The summed E-state index contributed by atoms with van der Waals surface area (Å²) in [7, 11) is 0. The van der Waals surface area contributed by atoms with Crippen LogP contribution < -0.4 is 10.6 Å². The van der Waals surface area contributed by atoms with Crippen LogP contribution in [0.15, 0.2) is 36.4 Å². The Morgan fingerprint density at radius 2 is 1.00 bits per heavy atom. The standard InChI is InChI=1S/C26H38N2O4.2BrH.H2O/c1-3-21-19(9-11-23(29)25(21)31)13-17-27-15-7-5-6-8-16-28-18-14-20-10-12-24(30)26(32)22(20)4-2;;;/h5-6,9-12,27-32H,3-4,7-8,13-18H2,1-2H3;2*1H;1H2. The molecule has 0 fully saturated rings. The fourth-order valence-corrected chi connectivity index (χ4v) is 3.89. The van der Waals surface area contributed by atoms with E-state index in [2.05, 4.69) is 22.8 Å². The lowest BCUT2D eigenvalue weighted by Crippen LogP contribution is -2.19. The molecule has 9 heteroatoms. The fourth-order valence-electron chi connectivity index (χ4n) is 3.89. The van der Waals surface area contributed by atoms with Crippen molar-refractivity contribution in [2.24, 2.45) is 0 Å². The van der Waals surface area contributed by atoms with Crippen LogP contribution in [0.4, 0.5) is 0 Å². The summed E-state index contributed by atoms with van der Waals surface area (Å²) in [6, 6.07) is 6.88. The molecule has 0 amide bonds. The van der Waals surface area contributed by atoms with Gasteiger partial charge in [-0.3, -0.25) is 0 Å². The number of hydrogen-bond donors (Lipinski definition) is 6. The molecule has 0 saturated heterocycles. The molecule has 7 nitrogen and oxygen atoms in total. The lowest BCUT2D eigenvalue weighted by atomic mass is 10.0. The maximum absolute atomic E-state index is 9.95. The van der Waals surface area contributed by atoms with Crippen molar-refractivity contribution in [3.05, 3.63) is 58.7 Å². The van der Waals surface area contributed by atoms with Gasteiger partial charge in [0.25, 0.3) is 0 Å². The third-order valence-electron chi connectivity index (χ3n) is 5.71. The molecule has 0 aliphatic heterocycles. The van der Waals surface area contributed by atoms with E-state index in [1.54, 1.807) is 12.1 Å². The predicted molar refractivity (Wildman–Crippen MR) is 154 cm³/mol. The summed E-state index contributed by atoms with van der Waals surface area (Å²) in [5.41, 5.74) is 3.80. The minimum atomic E-state index is -0.0523. The number of rotatable bonds is 14. The molecule has 35 heavy (non-hydrogen) atoms. The molecule has 0 saturated carbocycles. The normalized spacial score (nSPS) is 10.5. The van der Waals surface area contributed by atoms with Crippen molar-refractivity contribution in [3.8, 4) is 23.0 Å². The monoisotopic (exact) mass is 620 g/mol. The molecule has 8 N–H and O–H groups in total. The fraction of sp³-hybridized carbons (Fsp3) is 0.462. The van der Waals surface area contributed by atoms with Gasteiger partial charge < -0.3 is 36.5 Å².